The van der Waals surface area contributed by atoms with Gasteiger partial charge in [0, 0.05) is 13.1 Å². The summed E-state index contributed by atoms with van der Waals surface area (Å²) in [7, 11) is 0. The van der Waals surface area contributed by atoms with Crippen LogP contribution in [0.2, 0.25) is 0 Å². The van der Waals surface area contributed by atoms with Gasteiger partial charge in [-0.3, -0.25) is 4.79 Å². The highest BCUT2D eigenvalue weighted by molar-refractivity contribution is 5.88. The largest absolute Gasteiger partial charge is 0.480 e. The molecule has 0 aromatic carbocycles. The molecule has 0 aromatic heterocycles. The van der Waals surface area contributed by atoms with E-state index in [1.165, 1.54) is 9.80 Å². The Balaban J connectivity index is 2.18. The fraction of sp³-hybridized carbons (Fsp3) is 0.769. The Kier molecular flexibility index (Phi) is 4.15. The second-order valence-corrected chi connectivity index (χ2v) is 5.63. The summed E-state index contributed by atoms with van der Waals surface area (Å²) in [6.45, 7) is 2.72. The Labute approximate surface area is 117 Å². The third kappa shape index (κ3) is 2.57. The van der Waals surface area contributed by atoms with Crippen LogP contribution in [-0.4, -0.2) is 58.0 Å². The second kappa shape index (κ2) is 5.68. The van der Waals surface area contributed by atoms with E-state index in [0.717, 1.165) is 19.3 Å². The van der Waals surface area contributed by atoms with Gasteiger partial charge in [-0.25, -0.2) is 9.59 Å². The van der Waals surface area contributed by atoms with Crippen molar-refractivity contribution in [3.63, 3.8) is 0 Å². The molecule has 7 heteroatoms. The van der Waals surface area contributed by atoms with E-state index in [0.29, 0.717) is 19.5 Å². The van der Waals surface area contributed by atoms with E-state index < -0.39 is 24.0 Å². The number of aliphatic carboxylic acids is 1. The number of carbonyl (C=O) groups is 3. The van der Waals surface area contributed by atoms with Crippen LogP contribution >= 0.6 is 0 Å². The van der Waals surface area contributed by atoms with Crippen LogP contribution in [0.4, 0.5) is 4.79 Å². The van der Waals surface area contributed by atoms with Gasteiger partial charge in [-0.1, -0.05) is 6.92 Å². The Hall–Kier alpha value is -1.79. The smallest absolute Gasteiger partial charge is 0.326 e. The molecule has 112 valence electrons. The normalized spacial score (nSPS) is 30.4. The number of carboxylic acids is 1. The Morgan fingerprint density at radius 3 is 2.30 bits per heavy atom. The van der Waals surface area contributed by atoms with Gasteiger partial charge in [0.05, 0.1) is 0 Å². The molecule has 0 bridgehead atoms. The van der Waals surface area contributed by atoms with E-state index in [2.05, 4.69) is 0 Å². The van der Waals surface area contributed by atoms with Crippen LogP contribution in [0.25, 0.3) is 0 Å². The molecule has 0 saturated carbocycles. The first-order valence-electron chi connectivity index (χ1n) is 7.03. The zero-order valence-electron chi connectivity index (χ0n) is 11.6. The molecule has 2 aliphatic rings. The maximum Gasteiger partial charge on any atom is 0.326 e. The minimum Gasteiger partial charge on any atom is -0.480 e. The van der Waals surface area contributed by atoms with Gasteiger partial charge in [0.15, 0.2) is 0 Å². The van der Waals surface area contributed by atoms with Crippen molar-refractivity contribution in [3.8, 4) is 0 Å². The van der Waals surface area contributed by atoms with E-state index in [4.69, 9.17) is 5.73 Å². The van der Waals surface area contributed by atoms with Gasteiger partial charge in [-0.2, -0.15) is 0 Å². The number of piperidine rings is 1. The summed E-state index contributed by atoms with van der Waals surface area (Å²) in [6, 6.07) is -1.79. The predicted molar refractivity (Wildman–Crippen MR) is 70.8 cm³/mol. The van der Waals surface area contributed by atoms with Gasteiger partial charge in [-0.15, -0.1) is 0 Å². The van der Waals surface area contributed by atoms with Gasteiger partial charge in [0.25, 0.3) is 0 Å². The number of hydrogen-bond donors (Lipinski definition) is 2. The van der Waals surface area contributed by atoms with Gasteiger partial charge in [0.2, 0.25) is 5.91 Å². The van der Waals surface area contributed by atoms with Crippen molar-refractivity contribution in [3.05, 3.63) is 0 Å². The maximum atomic E-state index is 12.6. The number of nitrogens with two attached hydrogens (primary N) is 1. The summed E-state index contributed by atoms with van der Waals surface area (Å²) < 4.78 is 0. The van der Waals surface area contributed by atoms with E-state index in [1.807, 2.05) is 6.92 Å². The van der Waals surface area contributed by atoms with Gasteiger partial charge in [0.1, 0.15) is 12.1 Å². The van der Waals surface area contributed by atoms with Gasteiger partial charge in [-0.05, 0) is 31.6 Å². The number of carbonyl (C=O) groups excluding carboxylic acids is 2. The molecular formula is C13H21N3O4. The Morgan fingerprint density at radius 2 is 1.70 bits per heavy atom. The number of hydrogen-bond acceptors (Lipinski definition) is 3. The zero-order valence-corrected chi connectivity index (χ0v) is 11.6. The molecule has 3 N–H and O–H groups in total. The molecule has 2 rings (SSSR count). The van der Waals surface area contributed by atoms with Crippen LogP contribution in [0, 0.1) is 5.92 Å². The molecule has 0 aliphatic carbocycles. The van der Waals surface area contributed by atoms with Crippen molar-refractivity contribution in [1.29, 1.82) is 0 Å². The molecule has 0 spiro atoms. The van der Waals surface area contributed by atoms with Gasteiger partial charge >= 0.3 is 12.0 Å². The summed E-state index contributed by atoms with van der Waals surface area (Å²) in [6.07, 6.45) is 2.86. The number of carboxylic acid groups (broad SMARTS) is 1. The van der Waals surface area contributed by atoms with E-state index >= 15 is 0 Å². The average Bonchev–Trinajstić information content (AvgIpc) is 2.86. The third-order valence-corrected chi connectivity index (χ3v) is 4.26. The number of nitrogens with zero attached hydrogens (tertiary/aromatic N) is 2. The maximum absolute atomic E-state index is 12.6. The van der Waals surface area contributed by atoms with E-state index in [9.17, 15) is 19.5 Å². The molecule has 2 fully saturated rings. The molecule has 2 saturated heterocycles. The molecule has 7 nitrogen and oxygen atoms in total. The van der Waals surface area contributed by atoms with E-state index in [1.54, 1.807) is 0 Å². The highest BCUT2D eigenvalue weighted by Gasteiger charge is 2.42. The lowest BCUT2D eigenvalue weighted by molar-refractivity contribution is -0.145. The van der Waals surface area contributed by atoms with Crippen molar-refractivity contribution in [2.75, 3.05) is 13.1 Å². The predicted octanol–water partition coefficient (Wildman–Crippen LogP) is 0.241. The highest BCUT2D eigenvalue weighted by Crippen LogP contribution is 2.27. The topological polar surface area (TPSA) is 104 Å². The first kappa shape index (κ1) is 14.6. The molecule has 0 aromatic rings. The van der Waals surface area contributed by atoms with Crippen molar-refractivity contribution < 1.29 is 19.5 Å². The molecule has 3 unspecified atom stereocenters. The summed E-state index contributed by atoms with van der Waals surface area (Å²) in [4.78, 5) is 38.1. The van der Waals surface area contributed by atoms with Crippen LogP contribution in [0.1, 0.15) is 32.6 Å². The number of amides is 3. The first-order chi connectivity index (χ1) is 9.43. The van der Waals surface area contributed by atoms with Crippen molar-refractivity contribution in [2.24, 2.45) is 11.7 Å². The lowest BCUT2D eigenvalue weighted by Gasteiger charge is -2.40. The standard InChI is InChI=1S/C13H21N3O4/c1-8-4-2-7-16(10(8)12(18)19)13(20)15-6-3-5-9(15)11(14)17/h8-10H,2-7H2,1H3,(H2,14,17)(H,18,19). The van der Waals surface area contributed by atoms with Crippen molar-refractivity contribution >= 4 is 17.9 Å². The first-order valence-corrected chi connectivity index (χ1v) is 7.03. The minimum absolute atomic E-state index is 0.0835. The summed E-state index contributed by atoms with van der Waals surface area (Å²) >= 11 is 0. The quantitative estimate of drug-likeness (QED) is 0.757. The van der Waals surface area contributed by atoms with Gasteiger partial charge < -0.3 is 20.6 Å². The molecule has 3 amide bonds. The average molecular weight is 283 g/mol. The Morgan fingerprint density at radius 1 is 1.10 bits per heavy atom. The molecule has 3 atom stereocenters. The second-order valence-electron chi connectivity index (χ2n) is 5.63. The third-order valence-electron chi connectivity index (χ3n) is 4.26. The van der Waals surface area contributed by atoms with Crippen LogP contribution in [0.3, 0.4) is 0 Å². The Bertz CT molecular complexity index is 426. The lowest BCUT2D eigenvalue weighted by Crippen LogP contribution is -2.58. The minimum atomic E-state index is -0.986. The van der Waals surface area contributed by atoms with Crippen LogP contribution in [0.5, 0.6) is 0 Å². The van der Waals surface area contributed by atoms with Crippen molar-refractivity contribution in [1.82, 2.24) is 9.80 Å². The van der Waals surface area contributed by atoms with E-state index in [-0.39, 0.29) is 11.9 Å². The highest BCUT2D eigenvalue weighted by atomic mass is 16.4. The van der Waals surface area contributed by atoms with Crippen LogP contribution in [-0.2, 0) is 9.59 Å². The fourth-order valence-corrected chi connectivity index (χ4v) is 3.24. The molecular weight excluding hydrogens is 262 g/mol. The zero-order chi connectivity index (χ0) is 14.9. The lowest BCUT2D eigenvalue weighted by atomic mass is 9.91. The molecule has 0 radical (unpaired) electrons. The summed E-state index contributed by atoms with van der Waals surface area (Å²) in [5.74, 6) is -1.59. The summed E-state index contributed by atoms with van der Waals surface area (Å²) in [5.41, 5.74) is 5.31. The number of rotatable bonds is 2. The molecule has 20 heavy (non-hydrogen) atoms. The number of urea groups is 1. The molecule has 2 heterocycles. The van der Waals surface area contributed by atoms with Crippen molar-refractivity contribution in [2.45, 2.75) is 44.7 Å². The number of primary amides is 1. The fourth-order valence-electron chi connectivity index (χ4n) is 3.24. The number of likely N-dealkylation sites (tertiary alicyclic amines) is 2. The molecule has 2 aliphatic heterocycles. The van der Waals surface area contributed by atoms with Crippen LogP contribution < -0.4 is 5.73 Å². The SMILES string of the molecule is CC1CCCN(C(=O)N2CCCC2C(N)=O)C1C(=O)O. The van der Waals surface area contributed by atoms with Crippen LogP contribution in [0.15, 0.2) is 0 Å². The monoisotopic (exact) mass is 283 g/mol. The summed E-state index contributed by atoms with van der Waals surface area (Å²) in [5, 5.41) is 9.34.